The Morgan fingerprint density at radius 2 is 1.74 bits per heavy atom. The molecule has 0 saturated carbocycles. The van der Waals surface area contributed by atoms with Gasteiger partial charge in [-0.3, -0.25) is 0 Å². The topological polar surface area (TPSA) is 29.5 Å². The molecule has 0 fully saturated rings. The van der Waals surface area contributed by atoms with Crippen molar-refractivity contribution in [3.05, 3.63) is 64.1 Å². The second kappa shape index (κ2) is 5.76. The van der Waals surface area contributed by atoms with E-state index in [1.165, 1.54) is 0 Å². The Morgan fingerprint density at radius 1 is 1.11 bits per heavy atom. The molecule has 3 heteroatoms. The van der Waals surface area contributed by atoms with Gasteiger partial charge in [0.2, 0.25) is 0 Å². The average Bonchev–Trinajstić information content (AvgIpc) is 2.41. The van der Waals surface area contributed by atoms with E-state index in [1.54, 1.807) is 7.11 Å². The standard InChI is InChI=1S/C16H17BrO2/c1-16(18,11-12-7-9-13(17)10-8-12)14-5-3-4-6-15(14)19-2/h3-10,18H,11H2,1-2H3. The minimum atomic E-state index is -0.958. The summed E-state index contributed by atoms with van der Waals surface area (Å²) in [6, 6.07) is 15.6. The Bertz CT molecular complexity index is 547. The lowest BCUT2D eigenvalue weighted by atomic mass is 9.88. The Labute approximate surface area is 122 Å². The van der Waals surface area contributed by atoms with E-state index in [4.69, 9.17) is 4.74 Å². The highest BCUT2D eigenvalue weighted by Crippen LogP contribution is 2.32. The van der Waals surface area contributed by atoms with Gasteiger partial charge in [-0.2, -0.15) is 0 Å². The molecular weight excluding hydrogens is 304 g/mol. The number of halogens is 1. The predicted octanol–water partition coefficient (Wildman–Crippen LogP) is 3.91. The first-order valence-electron chi connectivity index (χ1n) is 6.13. The van der Waals surface area contributed by atoms with Crippen LogP contribution in [0.5, 0.6) is 5.75 Å². The van der Waals surface area contributed by atoms with Crippen molar-refractivity contribution < 1.29 is 9.84 Å². The second-order valence-electron chi connectivity index (χ2n) is 4.78. The van der Waals surface area contributed by atoms with Gasteiger partial charge in [0, 0.05) is 16.5 Å². The van der Waals surface area contributed by atoms with Crippen molar-refractivity contribution in [1.29, 1.82) is 0 Å². The van der Waals surface area contributed by atoms with Crippen LogP contribution >= 0.6 is 15.9 Å². The first kappa shape index (κ1) is 14.1. The molecule has 0 aromatic heterocycles. The first-order valence-corrected chi connectivity index (χ1v) is 6.92. The Balaban J connectivity index is 2.29. The summed E-state index contributed by atoms with van der Waals surface area (Å²) in [7, 11) is 1.62. The quantitative estimate of drug-likeness (QED) is 0.925. The minimum Gasteiger partial charge on any atom is -0.496 e. The number of benzene rings is 2. The molecule has 1 atom stereocenters. The number of para-hydroxylation sites is 1. The molecular formula is C16H17BrO2. The maximum Gasteiger partial charge on any atom is 0.124 e. The molecule has 0 bridgehead atoms. The average molecular weight is 321 g/mol. The Morgan fingerprint density at radius 3 is 2.37 bits per heavy atom. The van der Waals surface area contributed by atoms with E-state index in [-0.39, 0.29) is 0 Å². The third-order valence-electron chi connectivity index (χ3n) is 3.15. The highest BCUT2D eigenvalue weighted by Gasteiger charge is 2.26. The van der Waals surface area contributed by atoms with Crippen LogP contribution in [0.3, 0.4) is 0 Å². The van der Waals surface area contributed by atoms with Crippen molar-refractivity contribution in [2.24, 2.45) is 0 Å². The van der Waals surface area contributed by atoms with E-state index >= 15 is 0 Å². The van der Waals surface area contributed by atoms with Gasteiger partial charge in [-0.1, -0.05) is 46.3 Å². The van der Waals surface area contributed by atoms with Crippen molar-refractivity contribution in [1.82, 2.24) is 0 Å². The van der Waals surface area contributed by atoms with Crippen LogP contribution in [0.2, 0.25) is 0 Å². The Hall–Kier alpha value is -1.32. The molecule has 2 aromatic carbocycles. The molecule has 0 saturated heterocycles. The van der Waals surface area contributed by atoms with E-state index in [2.05, 4.69) is 15.9 Å². The van der Waals surface area contributed by atoms with Crippen molar-refractivity contribution in [2.75, 3.05) is 7.11 Å². The molecule has 100 valence electrons. The van der Waals surface area contributed by atoms with Crippen LogP contribution < -0.4 is 4.74 Å². The smallest absolute Gasteiger partial charge is 0.124 e. The summed E-state index contributed by atoms with van der Waals surface area (Å²) < 4.78 is 6.36. The number of ether oxygens (including phenoxy) is 1. The monoisotopic (exact) mass is 320 g/mol. The maximum atomic E-state index is 10.7. The molecule has 2 aromatic rings. The zero-order valence-electron chi connectivity index (χ0n) is 11.1. The number of methoxy groups -OCH3 is 1. The van der Waals surface area contributed by atoms with Crippen LogP contribution in [-0.2, 0) is 12.0 Å². The van der Waals surface area contributed by atoms with Crippen LogP contribution in [0.15, 0.2) is 53.0 Å². The molecule has 0 aliphatic heterocycles. The third-order valence-corrected chi connectivity index (χ3v) is 3.68. The summed E-state index contributed by atoms with van der Waals surface area (Å²) in [4.78, 5) is 0. The summed E-state index contributed by atoms with van der Waals surface area (Å²) in [6.45, 7) is 1.81. The lowest BCUT2D eigenvalue weighted by Crippen LogP contribution is -2.25. The number of rotatable bonds is 4. The SMILES string of the molecule is COc1ccccc1C(C)(O)Cc1ccc(Br)cc1. The van der Waals surface area contributed by atoms with Gasteiger partial charge in [0.15, 0.2) is 0 Å². The number of hydrogen-bond acceptors (Lipinski definition) is 2. The minimum absolute atomic E-state index is 0.542. The molecule has 2 nitrogen and oxygen atoms in total. The first-order chi connectivity index (χ1) is 9.03. The van der Waals surface area contributed by atoms with E-state index in [0.717, 1.165) is 15.6 Å². The molecule has 0 radical (unpaired) electrons. The van der Waals surface area contributed by atoms with Gasteiger partial charge in [0.25, 0.3) is 0 Å². The van der Waals surface area contributed by atoms with Gasteiger partial charge in [0.05, 0.1) is 12.7 Å². The fourth-order valence-electron chi connectivity index (χ4n) is 2.18. The van der Waals surface area contributed by atoms with Gasteiger partial charge in [-0.25, -0.2) is 0 Å². The summed E-state index contributed by atoms with van der Waals surface area (Å²) in [5, 5.41) is 10.7. The molecule has 0 spiro atoms. The maximum absolute atomic E-state index is 10.7. The predicted molar refractivity (Wildman–Crippen MR) is 80.4 cm³/mol. The van der Waals surface area contributed by atoms with Gasteiger partial charge < -0.3 is 9.84 Å². The highest BCUT2D eigenvalue weighted by molar-refractivity contribution is 9.10. The van der Waals surface area contributed by atoms with Crippen molar-refractivity contribution in [3.8, 4) is 5.75 Å². The molecule has 0 amide bonds. The summed E-state index contributed by atoms with van der Waals surface area (Å²) in [5.41, 5.74) is 0.931. The van der Waals surface area contributed by atoms with Gasteiger partial charge in [0.1, 0.15) is 5.75 Å². The fourth-order valence-corrected chi connectivity index (χ4v) is 2.45. The normalized spacial score (nSPS) is 13.9. The van der Waals surface area contributed by atoms with Crippen LogP contribution in [0.1, 0.15) is 18.1 Å². The summed E-state index contributed by atoms with van der Waals surface area (Å²) in [6.07, 6.45) is 0.542. The van der Waals surface area contributed by atoms with E-state index < -0.39 is 5.60 Å². The highest BCUT2D eigenvalue weighted by atomic mass is 79.9. The van der Waals surface area contributed by atoms with Crippen LogP contribution in [0.25, 0.3) is 0 Å². The van der Waals surface area contributed by atoms with Crippen LogP contribution in [0, 0.1) is 0 Å². The van der Waals surface area contributed by atoms with Crippen molar-refractivity contribution >= 4 is 15.9 Å². The van der Waals surface area contributed by atoms with Crippen LogP contribution in [-0.4, -0.2) is 12.2 Å². The van der Waals surface area contributed by atoms with E-state index in [1.807, 2.05) is 55.5 Å². The zero-order valence-corrected chi connectivity index (χ0v) is 12.6. The van der Waals surface area contributed by atoms with E-state index in [9.17, 15) is 5.11 Å². The van der Waals surface area contributed by atoms with E-state index in [0.29, 0.717) is 12.2 Å². The molecule has 19 heavy (non-hydrogen) atoms. The Kier molecular flexibility index (Phi) is 4.27. The second-order valence-corrected chi connectivity index (χ2v) is 5.69. The largest absolute Gasteiger partial charge is 0.496 e. The number of aliphatic hydroxyl groups is 1. The fraction of sp³-hybridized carbons (Fsp3) is 0.250. The van der Waals surface area contributed by atoms with Gasteiger partial charge >= 0.3 is 0 Å². The summed E-state index contributed by atoms with van der Waals surface area (Å²) in [5.74, 6) is 0.713. The lowest BCUT2D eigenvalue weighted by molar-refractivity contribution is 0.0549. The number of hydrogen-bond donors (Lipinski definition) is 1. The molecule has 0 aliphatic rings. The molecule has 0 heterocycles. The zero-order chi connectivity index (χ0) is 13.9. The van der Waals surface area contributed by atoms with Crippen molar-refractivity contribution in [2.45, 2.75) is 18.9 Å². The van der Waals surface area contributed by atoms with Gasteiger partial charge in [-0.15, -0.1) is 0 Å². The molecule has 0 aliphatic carbocycles. The van der Waals surface area contributed by atoms with Crippen LogP contribution in [0.4, 0.5) is 0 Å². The molecule has 1 unspecified atom stereocenters. The molecule has 1 N–H and O–H groups in total. The van der Waals surface area contributed by atoms with Gasteiger partial charge in [-0.05, 0) is 30.7 Å². The summed E-state index contributed by atoms with van der Waals surface area (Å²) >= 11 is 3.41. The third kappa shape index (κ3) is 3.37. The molecule has 2 rings (SSSR count). The van der Waals surface area contributed by atoms with Crippen molar-refractivity contribution in [3.63, 3.8) is 0 Å². The lowest BCUT2D eigenvalue weighted by Gasteiger charge is -2.26.